The highest BCUT2D eigenvalue weighted by Crippen LogP contribution is 2.26. The second-order valence-corrected chi connectivity index (χ2v) is 5.55. The summed E-state index contributed by atoms with van der Waals surface area (Å²) in [6.45, 7) is 5.76. The molecule has 0 bridgehead atoms. The van der Waals surface area contributed by atoms with Gasteiger partial charge in [-0.05, 0) is 37.4 Å². The second-order valence-electron chi connectivity index (χ2n) is 5.55. The Bertz CT molecular complexity index is 417. The van der Waals surface area contributed by atoms with Crippen LogP contribution in [0.3, 0.4) is 0 Å². The minimum atomic E-state index is 0. The fourth-order valence-electron chi connectivity index (χ4n) is 2.85. The van der Waals surface area contributed by atoms with Gasteiger partial charge < -0.3 is 15.2 Å². The third-order valence-electron chi connectivity index (χ3n) is 4.08. The number of ether oxygens (including phenoxy) is 2. The van der Waals surface area contributed by atoms with E-state index < -0.39 is 0 Å². The van der Waals surface area contributed by atoms with Crippen LogP contribution in [0.4, 0.5) is 0 Å². The van der Waals surface area contributed by atoms with Crippen LogP contribution in [0.15, 0.2) is 24.3 Å². The number of piperidine rings is 1. The van der Waals surface area contributed by atoms with Crippen LogP contribution in [0.25, 0.3) is 0 Å². The van der Waals surface area contributed by atoms with Gasteiger partial charge in [0.15, 0.2) is 11.5 Å². The summed E-state index contributed by atoms with van der Waals surface area (Å²) in [4.78, 5) is 2.45. The molecule has 2 N–H and O–H groups in total. The van der Waals surface area contributed by atoms with Crippen molar-refractivity contribution in [2.45, 2.75) is 25.8 Å². The molecule has 0 radical (unpaired) electrons. The molecule has 0 aliphatic carbocycles. The van der Waals surface area contributed by atoms with E-state index in [1.807, 2.05) is 24.3 Å². The monoisotopic (exact) mass is 314 g/mol. The molecule has 0 saturated carbocycles. The Hall–Kier alpha value is -0.970. The van der Waals surface area contributed by atoms with Crippen molar-refractivity contribution in [1.82, 2.24) is 4.90 Å². The van der Waals surface area contributed by atoms with Crippen LogP contribution < -0.4 is 15.2 Å². The van der Waals surface area contributed by atoms with Gasteiger partial charge in [0, 0.05) is 19.1 Å². The lowest BCUT2D eigenvalue weighted by atomic mass is 9.92. The zero-order chi connectivity index (χ0) is 14.4. The number of hydrogen-bond acceptors (Lipinski definition) is 4. The van der Waals surface area contributed by atoms with Crippen molar-refractivity contribution in [3.05, 3.63) is 24.3 Å². The first-order chi connectivity index (χ1) is 9.74. The van der Waals surface area contributed by atoms with Gasteiger partial charge in [-0.15, -0.1) is 12.4 Å². The molecule has 5 heteroatoms. The highest BCUT2D eigenvalue weighted by molar-refractivity contribution is 5.85. The molecule has 1 fully saturated rings. The van der Waals surface area contributed by atoms with Crippen molar-refractivity contribution in [2.75, 3.05) is 33.4 Å². The topological polar surface area (TPSA) is 47.7 Å². The van der Waals surface area contributed by atoms with Gasteiger partial charge in [0.2, 0.25) is 0 Å². The third kappa shape index (κ3) is 5.06. The maximum atomic E-state index is 5.88. The van der Waals surface area contributed by atoms with E-state index in [1.54, 1.807) is 7.11 Å². The number of nitrogens with zero attached hydrogens (tertiary/aromatic N) is 1. The first-order valence-electron chi connectivity index (χ1n) is 7.44. The summed E-state index contributed by atoms with van der Waals surface area (Å²) in [6, 6.07) is 8.27. The number of benzene rings is 1. The Morgan fingerprint density at radius 2 is 2.00 bits per heavy atom. The van der Waals surface area contributed by atoms with Crippen LogP contribution in [-0.4, -0.2) is 44.3 Å². The van der Waals surface area contributed by atoms with Crippen LogP contribution >= 0.6 is 12.4 Å². The van der Waals surface area contributed by atoms with Crippen LogP contribution in [0.5, 0.6) is 11.5 Å². The molecule has 21 heavy (non-hydrogen) atoms. The molecule has 0 spiro atoms. The molecule has 1 aromatic carbocycles. The van der Waals surface area contributed by atoms with E-state index in [2.05, 4.69) is 11.8 Å². The summed E-state index contributed by atoms with van der Waals surface area (Å²) in [7, 11) is 1.67. The number of nitrogens with two attached hydrogens (primary N) is 1. The van der Waals surface area contributed by atoms with Crippen molar-refractivity contribution >= 4 is 12.4 Å². The van der Waals surface area contributed by atoms with Gasteiger partial charge >= 0.3 is 0 Å². The molecule has 2 rings (SSSR count). The molecule has 4 nitrogen and oxygen atoms in total. The van der Waals surface area contributed by atoms with Crippen molar-refractivity contribution in [2.24, 2.45) is 11.7 Å². The number of hydrogen-bond donors (Lipinski definition) is 1. The molecule has 120 valence electrons. The lowest BCUT2D eigenvalue weighted by Gasteiger charge is -2.37. The van der Waals surface area contributed by atoms with E-state index in [-0.39, 0.29) is 12.4 Å². The third-order valence-corrected chi connectivity index (χ3v) is 4.08. The normalized spacial score (nSPS) is 22.4. The van der Waals surface area contributed by atoms with Crippen molar-refractivity contribution in [1.29, 1.82) is 0 Å². The van der Waals surface area contributed by atoms with E-state index in [4.69, 9.17) is 15.2 Å². The lowest BCUT2D eigenvalue weighted by Crippen LogP contribution is -2.47. The molecule has 0 amide bonds. The fourth-order valence-corrected chi connectivity index (χ4v) is 2.85. The Labute approximate surface area is 134 Å². The molecule has 0 aromatic heterocycles. The van der Waals surface area contributed by atoms with E-state index in [0.29, 0.717) is 12.6 Å². The van der Waals surface area contributed by atoms with Crippen molar-refractivity contribution in [3.63, 3.8) is 0 Å². The number of likely N-dealkylation sites (tertiary alicyclic amines) is 1. The smallest absolute Gasteiger partial charge is 0.161 e. The van der Waals surface area contributed by atoms with Crippen molar-refractivity contribution in [3.8, 4) is 11.5 Å². The average Bonchev–Trinajstić information content (AvgIpc) is 2.49. The molecule has 1 aliphatic rings. The number of methoxy groups -OCH3 is 1. The number of rotatable bonds is 6. The predicted molar refractivity (Wildman–Crippen MR) is 88.6 cm³/mol. The van der Waals surface area contributed by atoms with Gasteiger partial charge in [-0.2, -0.15) is 0 Å². The largest absolute Gasteiger partial charge is 0.493 e. The molecule has 2 unspecified atom stereocenters. The van der Waals surface area contributed by atoms with Crippen LogP contribution in [-0.2, 0) is 0 Å². The maximum absolute atomic E-state index is 5.88. The highest BCUT2D eigenvalue weighted by Gasteiger charge is 2.24. The molecule has 1 aromatic rings. The van der Waals surface area contributed by atoms with Gasteiger partial charge in [0.25, 0.3) is 0 Å². The molecular weight excluding hydrogens is 288 g/mol. The Balaban J connectivity index is 0.00000220. The highest BCUT2D eigenvalue weighted by atomic mass is 35.5. The van der Waals surface area contributed by atoms with Gasteiger partial charge in [-0.1, -0.05) is 19.1 Å². The van der Waals surface area contributed by atoms with E-state index >= 15 is 0 Å². The fraction of sp³-hybridized carbons (Fsp3) is 0.625. The second kappa shape index (κ2) is 9.13. The van der Waals surface area contributed by atoms with Crippen LogP contribution in [0.2, 0.25) is 0 Å². The summed E-state index contributed by atoms with van der Waals surface area (Å²) in [5, 5.41) is 0. The van der Waals surface area contributed by atoms with E-state index in [9.17, 15) is 0 Å². The van der Waals surface area contributed by atoms with E-state index in [0.717, 1.165) is 37.1 Å². The van der Waals surface area contributed by atoms with Crippen molar-refractivity contribution < 1.29 is 9.47 Å². The maximum Gasteiger partial charge on any atom is 0.161 e. The Kier molecular flexibility index (Phi) is 7.86. The SMILES string of the molecule is COc1ccccc1OCCN1CCC(C)CC1CN.Cl. The molecule has 1 aliphatic heterocycles. The molecule has 2 atom stereocenters. The van der Waals surface area contributed by atoms with Gasteiger partial charge in [0.1, 0.15) is 6.61 Å². The van der Waals surface area contributed by atoms with Crippen LogP contribution in [0, 0.1) is 5.92 Å². The number of para-hydroxylation sites is 2. The van der Waals surface area contributed by atoms with Gasteiger partial charge in [-0.3, -0.25) is 4.90 Å². The standard InChI is InChI=1S/C16H26N2O2.ClH/c1-13-7-8-18(14(11-13)12-17)9-10-20-16-6-4-3-5-15(16)19-2;/h3-6,13-14H,7-12,17H2,1-2H3;1H. The molecule has 1 heterocycles. The first-order valence-corrected chi connectivity index (χ1v) is 7.44. The summed E-state index contributed by atoms with van der Waals surface area (Å²) in [5.74, 6) is 2.38. The zero-order valence-corrected chi connectivity index (χ0v) is 13.8. The van der Waals surface area contributed by atoms with E-state index in [1.165, 1.54) is 12.8 Å². The Morgan fingerprint density at radius 3 is 2.67 bits per heavy atom. The summed E-state index contributed by atoms with van der Waals surface area (Å²) in [6.07, 6.45) is 2.45. The van der Waals surface area contributed by atoms with Gasteiger partial charge in [0.05, 0.1) is 7.11 Å². The first kappa shape index (κ1) is 18.1. The summed E-state index contributed by atoms with van der Waals surface area (Å²) >= 11 is 0. The summed E-state index contributed by atoms with van der Waals surface area (Å²) < 4.78 is 11.1. The predicted octanol–water partition coefficient (Wildman–Crippen LogP) is 2.56. The Morgan fingerprint density at radius 1 is 1.29 bits per heavy atom. The lowest BCUT2D eigenvalue weighted by molar-refractivity contribution is 0.103. The quantitative estimate of drug-likeness (QED) is 0.876. The zero-order valence-electron chi connectivity index (χ0n) is 13.0. The average molecular weight is 315 g/mol. The molecular formula is C16H27ClN2O2. The minimum absolute atomic E-state index is 0. The van der Waals surface area contributed by atoms with Gasteiger partial charge in [-0.25, -0.2) is 0 Å². The van der Waals surface area contributed by atoms with Crippen LogP contribution in [0.1, 0.15) is 19.8 Å². The molecule has 1 saturated heterocycles. The minimum Gasteiger partial charge on any atom is -0.493 e. The number of halogens is 1. The summed E-state index contributed by atoms with van der Waals surface area (Å²) in [5.41, 5.74) is 5.88.